The molecule has 1 aromatic heterocycles. The Morgan fingerprint density at radius 1 is 1.11 bits per heavy atom. The summed E-state index contributed by atoms with van der Waals surface area (Å²) >= 11 is 0. The van der Waals surface area contributed by atoms with Crippen LogP contribution >= 0.6 is 0 Å². The highest BCUT2D eigenvalue weighted by atomic mass is 19.1. The van der Waals surface area contributed by atoms with Gasteiger partial charge in [0.25, 0.3) is 0 Å². The third kappa shape index (κ3) is 4.42. The number of benzene rings is 2. The van der Waals surface area contributed by atoms with Gasteiger partial charge in [0.05, 0.1) is 17.8 Å². The average Bonchev–Trinajstić information content (AvgIpc) is 3.14. The number of amides is 1. The van der Waals surface area contributed by atoms with E-state index in [-0.39, 0.29) is 47.8 Å². The van der Waals surface area contributed by atoms with Crippen molar-refractivity contribution in [1.29, 1.82) is 0 Å². The number of hydrogen-bond donors (Lipinski definition) is 0. The molecule has 0 bridgehead atoms. The second kappa shape index (κ2) is 8.29. The van der Waals surface area contributed by atoms with E-state index in [1.54, 1.807) is 24.1 Å². The Balaban J connectivity index is 1.61. The average molecular weight is 388 g/mol. The number of oxazole rings is 1. The van der Waals surface area contributed by atoms with Gasteiger partial charge in [0.1, 0.15) is 17.5 Å². The lowest BCUT2D eigenvalue weighted by Crippen LogP contribution is -2.29. The maximum atomic E-state index is 13.8. The monoisotopic (exact) mass is 388 g/mol. The number of aryl methyl sites for hydroxylation is 1. The number of aromatic nitrogens is 1. The largest absolute Gasteiger partial charge is 0.441 e. The van der Waals surface area contributed by atoms with Crippen LogP contribution in [0, 0.1) is 17.5 Å². The molecule has 0 fully saturated rings. The molecule has 1 atom stereocenters. The molecule has 1 unspecified atom stereocenters. The van der Waals surface area contributed by atoms with Gasteiger partial charge in [0, 0.05) is 26.0 Å². The first-order chi connectivity index (χ1) is 13.3. The molecular formula is C21H19F3N2O2. The van der Waals surface area contributed by atoms with Gasteiger partial charge in [-0.1, -0.05) is 12.1 Å². The van der Waals surface area contributed by atoms with E-state index in [4.69, 9.17) is 4.42 Å². The zero-order valence-corrected chi connectivity index (χ0v) is 15.5. The summed E-state index contributed by atoms with van der Waals surface area (Å²) in [4.78, 5) is 18.1. The molecule has 0 radical (unpaired) electrons. The van der Waals surface area contributed by atoms with Gasteiger partial charge in [-0.05, 0) is 36.8 Å². The molecule has 1 amide bonds. The predicted octanol–water partition coefficient (Wildman–Crippen LogP) is 4.91. The third-order valence-electron chi connectivity index (χ3n) is 4.63. The summed E-state index contributed by atoms with van der Waals surface area (Å²) in [5, 5.41) is 0. The van der Waals surface area contributed by atoms with Gasteiger partial charge in [-0.15, -0.1) is 0 Å². The molecule has 28 heavy (non-hydrogen) atoms. The fourth-order valence-electron chi connectivity index (χ4n) is 2.81. The molecule has 0 spiro atoms. The van der Waals surface area contributed by atoms with Crippen LogP contribution in [0.15, 0.2) is 53.1 Å². The molecule has 7 heteroatoms. The fourth-order valence-corrected chi connectivity index (χ4v) is 2.81. The highest BCUT2D eigenvalue weighted by molar-refractivity contribution is 5.76. The number of carbonyl (C=O) groups excluding carboxylic acids is 1. The molecule has 4 nitrogen and oxygen atoms in total. The first-order valence-corrected chi connectivity index (χ1v) is 8.76. The maximum Gasteiger partial charge on any atom is 0.223 e. The number of halogens is 3. The Bertz CT molecular complexity index is 970. The fraction of sp³-hybridized carbons (Fsp3) is 0.238. The Hall–Kier alpha value is -3.09. The van der Waals surface area contributed by atoms with Crippen LogP contribution in [0.2, 0.25) is 0 Å². The van der Waals surface area contributed by atoms with Crippen molar-refractivity contribution in [2.45, 2.75) is 25.8 Å². The summed E-state index contributed by atoms with van der Waals surface area (Å²) in [5.74, 6) is -1.42. The number of rotatable bonds is 6. The lowest BCUT2D eigenvalue weighted by molar-refractivity contribution is -0.131. The number of nitrogens with zero attached hydrogens (tertiary/aromatic N) is 2. The van der Waals surface area contributed by atoms with Crippen molar-refractivity contribution < 1.29 is 22.4 Å². The van der Waals surface area contributed by atoms with Crippen LogP contribution in [0.1, 0.15) is 30.8 Å². The molecule has 2 aromatic carbocycles. The number of hydrogen-bond acceptors (Lipinski definition) is 3. The summed E-state index contributed by atoms with van der Waals surface area (Å²) in [6.45, 7) is 1.85. The lowest BCUT2D eigenvalue weighted by atomic mass is 10.1. The molecule has 3 aromatic rings. The van der Waals surface area contributed by atoms with E-state index in [0.29, 0.717) is 0 Å². The molecule has 0 aliphatic rings. The highest BCUT2D eigenvalue weighted by Gasteiger charge is 2.19. The summed E-state index contributed by atoms with van der Waals surface area (Å²) in [6.07, 6.45) is 1.73. The summed E-state index contributed by atoms with van der Waals surface area (Å²) in [7, 11) is 1.67. The van der Waals surface area contributed by atoms with E-state index in [9.17, 15) is 18.0 Å². The molecule has 146 valence electrons. The topological polar surface area (TPSA) is 46.3 Å². The van der Waals surface area contributed by atoms with Crippen molar-refractivity contribution in [3.05, 3.63) is 77.6 Å². The highest BCUT2D eigenvalue weighted by Crippen LogP contribution is 2.25. The predicted molar refractivity (Wildman–Crippen MR) is 97.8 cm³/mol. The second-order valence-electron chi connectivity index (χ2n) is 6.47. The Labute approximate surface area is 160 Å². The van der Waals surface area contributed by atoms with E-state index in [2.05, 4.69) is 4.98 Å². The van der Waals surface area contributed by atoms with Crippen molar-refractivity contribution in [2.75, 3.05) is 7.05 Å². The van der Waals surface area contributed by atoms with Crippen LogP contribution in [0.25, 0.3) is 11.3 Å². The molecule has 3 rings (SSSR count). The zero-order valence-electron chi connectivity index (χ0n) is 15.5. The van der Waals surface area contributed by atoms with Gasteiger partial charge in [0.2, 0.25) is 5.91 Å². The van der Waals surface area contributed by atoms with Crippen LogP contribution in [-0.4, -0.2) is 22.8 Å². The first kappa shape index (κ1) is 19.7. The molecule has 0 saturated heterocycles. The standard InChI is InChI=1S/C21H19F3N2O2/c1-13(14-3-5-15(22)6-4-14)26(2)21(27)10-9-20-25-12-19(28-20)17-8-7-16(23)11-18(17)24/h3-8,11-13H,9-10H2,1-2H3. The van der Waals surface area contributed by atoms with Gasteiger partial charge in [-0.2, -0.15) is 0 Å². The first-order valence-electron chi connectivity index (χ1n) is 8.76. The maximum absolute atomic E-state index is 13.8. The number of carbonyl (C=O) groups is 1. The smallest absolute Gasteiger partial charge is 0.223 e. The van der Waals surface area contributed by atoms with Gasteiger partial charge >= 0.3 is 0 Å². The van der Waals surface area contributed by atoms with Crippen molar-refractivity contribution in [2.24, 2.45) is 0 Å². The van der Waals surface area contributed by atoms with Crippen LogP contribution < -0.4 is 0 Å². The van der Waals surface area contributed by atoms with Crippen molar-refractivity contribution in [3.8, 4) is 11.3 Å². The molecule has 0 aliphatic heterocycles. The molecular weight excluding hydrogens is 369 g/mol. The van der Waals surface area contributed by atoms with Crippen LogP contribution in [0.5, 0.6) is 0 Å². The lowest BCUT2D eigenvalue weighted by Gasteiger charge is -2.25. The SMILES string of the molecule is CC(c1ccc(F)cc1)N(C)C(=O)CCc1ncc(-c2ccc(F)cc2F)o1. The van der Waals surface area contributed by atoms with Crippen LogP contribution in [0.3, 0.4) is 0 Å². The van der Waals surface area contributed by atoms with Gasteiger partial charge < -0.3 is 9.32 Å². The molecule has 0 N–H and O–H groups in total. The Morgan fingerprint density at radius 3 is 2.46 bits per heavy atom. The van der Waals surface area contributed by atoms with Crippen LogP contribution in [0.4, 0.5) is 13.2 Å². The van der Waals surface area contributed by atoms with Gasteiger partial charge in [-0.3, -0.25) is 4.79 Å². The van der Waals surface area contributed by atoms with Crippen LogP contribution in [-0.2, 0) is 11.2 Å². The quantitative estimate of drug-likeness (QED) is 0.603. The van der Waals surface area contributed by atoms with E-state index >= 15 is 0 Å². The van der Waals surface area contributed by atoms with Crippen molar-refractivity contribution in [3.63, 3.8) is 0 Å². The summed E-state index contributed by atoms with van der Waals surface area (Å²) in [6, 6.07) is 8.95. The molecule has 1 heterocycles. The third-order valence-corrected chi connectivity index (χ3v) is 4.63. The van der Waals surface area contributed by atoms with Crippen molar-refractivity contribution >= 4 is 5.91 Å². The molecule has 0 aliphatic carbocycles. The van der Waals surface area contributed by atoms with E-state index < -0.39 is 11.6 Å². The van der Waals surface area contributed by atoms with Crippen molar-refractivity contribution in [1.82, 2.24) is 9.88 Å². The van der Waals surface area contributed by atoms with Gasteiger partial charge in [0.15, 0.2) is 11.7 Å². The van der Waals surface area contributed by atoms with E-state index in [1.807, 2.05) is 6.92 Å². The molecule has 0 saturated carbocycles. The van der Waals surface area contributed by atoms with E-state index in [1.165, 1.54) is 24.4 Å². The normalized spacial score (nSPS) is 12.0. The minimum atomic E-state index is -0.744. The Kier molecular flexibility index (Phi) is 5.82. The zero-order chi connectivity index (χ0) is 20.3. The summed E-state index contributed by atoms with van der Waals surface area (Å²) < 4.78 is 45.4. The van der Waals surface area contributed by atoms with Gasteiger partial charge in [-0.25, -0.2) is 18.2 Å². The Morgan fingerprint density at radius 2 is 1.79 bits per heavy atom. The minimum absolute atomic E-state index is 0.105. The second-order valence-corrected chi connectivity index (χ2v) is 6.47. The summed E-state index contributed by atoms with van der Waals surface area (Å²) in [5.41, 5.74) is 0.927. The minimum Gasteiger partial charge on any atom is -0.441 e. The van der Waals surface area contributed by atoms with E-state index in [0.717, 1.165) is 17.7 Å².